The van der Waals surface area contributed by atoms with E-state index >= 15 is 0 Å². The zero-order chi connectivity index (χ0) is 12.8. The summed E-state index contributed by atoms with van der Waals surface area (Å²) >= 11 is 1.67. The fourth-order valence-electron chi connectivity index (χ4n) is 1.81. The van der Waals surface area contributed by atoms with Crippen LogP contribution in [-0.2, 0) is 17.8 Å². The minimum Gasteiger partial charge on any atom is -0.351 e. The number of carbonyl (C=O) groups is 1. The van der Waals surface area contributed by atoms with Crippen molar-refractivity contribution in [2.45, 2.75) is 26.3 Å². The summed E-state index contributed by atoms with van der Waals surface area (Å²) in [4.78, 5) is 12.9. The number of rotatable bonds is 5. The van der Waals surface area contributed by atoms with Crippen LogP contribution in [0.25, 0.3) is 0 Å². The second-order valence-electron chi connectivity index (χ2n) is 4.35. The van der Waals surface area contributed by atoms with Gasteiger partial charge in [-0.05, 0) is 30.4 Å². The highest BCUT2D eigenvalue weighted by Gasteiger charge is 2.02. The molecule has 0 aliphatic carbocycles. The molecule has 1 aromatic heterocycles. The molecule has 0 saturated carbocycles. The van der Waals surface area contributed by atoms with Gasteiger partial charge in [-0.2, -0.15) is 0 Å². The van der Waals surface area contributed by atoms with E-state index in [2.05, 4.69) is 30.4 Å². The minimum absolute atomic E-state index is 0.116. The Bertz CT molecular complexity index is 505. The van der Waals surface area contributed by atoms with Crippen molar-refractivity contribution in [2.75, 3.05) is 0 Å². The molecule has 2 aromatic rings. The van der Waals surface area contributed by atoms with E-state index in [0.29, 0.717) is 13.0 Å². The molecule has 0 aliphatic heterocycles. The number of hydrogen-bond acceptors (Lipinski definition) is 2. The third-order valence-corrected chi connectivity index (χ3v) is 3.64. The molecule has 0 atom stereocenters. The van der Waals surface area contributed by atoms with Crippen molar-refractivity contribution in [2.24, 2.45) is 0 Å². The van der Waals surface area contributed by atoms with Crippen LogP contribution in [0.15, 0.2) is 41.8 Å². The molecule has 0 bridgehead atoms. The van der Waals surface area contributed by atoms with Crippen LogP contribution in [-0.4, -0.2) is 5.91 Å². The highest BCUT2D eigenvalue weighted by molar-refractivity contribution is 7.09. The maximum atomic E-state index is 11.7. The lowest BCUT2D eigenvalue weighted by molar-refractivity contribution is -0.121. The Balaban J connectivity index is 1.75. The second kappa shape index (κ2) is 6.36. The number of nitrogens with one attached hydrogen (secondary N) is 1. The van der Waals surface area contributed by atoms with Gasteiger partial charge < -0.3 is 5.32 Å². The Morgan fingerprint density at radius 1 is 1.28 bits per heavy atom. The molecular weight excluding hydrogens is 242 g/mol. The van der Waals surface area contributed by atoms with Gasteiger partial charge in [0.1, 0.15) is 0 Å². The van der Waals surface area contributed by atoms with Crippen LogP contribution in [0.5, 0.6) is 0 Å². The molecular formula is C15H17NOS. The molecule has 2 rings (SSSR count). The summed E-state index contributed by atoms with van der Waals surface area (Å²) < 4.78 is 0. The van der Waals surface area contributed by atoms with Gasteiger partial charge in [0.2, 0.25) is 5.91 Å². The van der Waals surface area contributed by atoms with E-state index in [-0.39, 0.29) is 5.91 Å². The lowest BCUT2D eigenvalue weighted by Crippen LogP contribution is -2.22. The van der Waals surface area contributed by atoms with Gasteiger partial charge in [0.25, 0.3) is 0 Å². The average Bonchev–Trinajstić information content (AvgIpc) is 2.87. The zero-order valence-electron chi connectivity index (χ0n) is 10.5. The summed E-state index contributed by atoms with van der Waals surface area (Å²) in [6, 6.07) is 12.3. The molecule has 1 amide bonds. The van der Waals surface area contributed by atoms with E-state index in [1.165, 1.54) is 16.0 Å². The van der Waals surface area contributed by atoms with Crippen LogP contribution in [0.2, 0.25) is 0 Å². The molecule has 0 fully saturated rings. The molecule has 1 heterocycles. The Labute approximate surface area is 112 Å². The Morgan fingerprint density at radius 2 is 2.17 bits per heavy atom. The van der Waals surface area contributed by atoms with Gasteiger partial charge in [0.05, 0.1) is 6.54 Å². The highest BCUT2D eigenvalue weighted by Crippen LogP contribution is 2.09. The number of carbonyl (C=O) groups excluding carboxylic acids is 1. The van der Waals surface area contributed by atoms with Gasteiger partial charge in [-0.1, -0.05) is 35.9 Å². The van der Waals surface area contributed by atoms with Gasteiger partial charge in [-0.3, -0.25) is 4.79 Å². The lowest BCUT2D eigenvalue weighted by atomic mass is 10.1. The first-order valence-corrected chi connectivity index (χ1v) is 6.96. The van der Waals surface area contributed by atoms with Crippen molar-refractivity contribution in [1.29, 1.82) is 0 Å². The standard InChI is InChI=1S/C15H17NOS/c1-12-4-2-5-13(10-12)7-8-15(17)16-11-14-6-3-9-18-14/h2-6,9-10H,7-8,11H2,1H3,(H,16,17). The molecule has 3 heteroatoms. The number of hydrogen-bond donors (Lipinski definition) is 1. The van der Waals surface area contributed by atoms with E-state index in [9.17, 15) is 4.79 Å². The Kier molecular flexibility index (Phi) is 4.53. The topological polar surface area (TPSA) is 29.1 Å². The molecule has 94 valence electrons. The molecule has 18 heavy (non-hydrogen) atoms. The number of thiophene rings is 1. The zero-order valence-corrected chi connectivity index (χ0v) is 11.3. The van der Waals surface area contributed by atoms with E-state index in [1.807, 2.05) is 23.6 Å². The molecule has 0 radical (unpaired) electrons. The van der Waals surface area contributed by atoms with Crippen LogP contribution >= 0.6 is 11.3 Å². The van der Waals surface area contributed by atoms with Crippen molar-refractivity contribution < 1.29 is 4.79 Å². The van der Waals surface area contributed by atoms with Gasteiger partial charge >= 0.3 is 0 Å². The van der Waals surface area contributed by atoms with Crippen LogP contribution in [0.1, 0.15) is 22.4 Å². The van der Waals surface area contributed by atoms with E-state index in [1.54, 1.807) is 11.3 Å². The number of benzene rings is 1. The monoisotopic (exact) mass is 259 g/mol. The summed E-state index contributed by atoms with van der Waals surface area (Å²) in [7, 11) is 0. The number of aryl methyl sites for hydroxylation is 2. The fourth-order valence-corrected chi connectivity index (χ4v) is 2.46. The second-order valence-corrected chi connectivity index (χ2v) is 5.38. The van der Waals surface area contributed by atoms with Crippen LogP contribution in [0.3, 0.4) is 0 Å². The summed E-state index contributed by atoms with van der Waals surface area (Å²) in [6.45, 7) is 2.71. The van der Waals surface area contributed by atoms with Crippen LogP contribution in [0.4, 0.5) is 0 Å². The molecule has 1 N–H and O–H groups in total. The summed E-state index contributed by atoms with van der Waals surface area (Å²) in [6.07, 6.45) is 1.35. The first-order valence-electron chi connectivity index (χ1n) is 6.08. The molecule has 1 aromatic carbocycles. The Hall–Kier alpha value is -1.61. The predicted molar refractivity (Wildman–Crippen MR) is 75.7 cm³/mol. The summed E-state index contributed by atoms with van der Waals surface area (Å²) in [5.41, 5.74) is 2.47. The van der Waals surface area contributed by atoms with E-state index in [4.69, 9.17) is 0 Å². The van der Waals surface area contributed by atoms with E-state index < -0.39 is 0 Å². The summed E-state index contributed by atoms with van der Waals surface area (Å²) in [5.74, 6) is 0.116. The van der Waals surface area contributed by atoms with Crippen molar-refractivity contribution in [3.63, 3.8) is 0 Å². The smallest absolute Gasteiger partial charge is 0.220 e. The first-order chi connectivity index (χ1) is 8.74. The van der Waals surface area contributed by atoms with Crippen molar-refractivity contribution in [3.8, 4) is 0 Å². The number of amides is 1. The van der Waals surface area contributed by atoms with Gasteiger partial charge in [-0.15, -0.1) is 11.3 Å². The normalized spacial score (nSPS) is 10.3. The largest absolute Gasteiger partial charge is 0.351 e. The van der Waals surface area contributed by atoms with Gasteiger partial charge in [-0.25, -0.2) is 0 Å². The van der Waals surface area contributed by atoms with Crippen LogP contribution < -0.4 is 5.32 Å². The van der Waals surface area contributed by atoms with Crippen LogP contribution in [0, 0.1) is 6.92 Å². The van der Waals surface area contributed by atoms with Crippen molar-refractivity contribution in [1.82, 2.24) is 5.32 Å². The quantitative estimate of drug-likeness (QED) is 0.877. The fraction of sp³-hybridized carbons (Fsp3) is 0.267. The van der Waals surface area contributed by atoms with Crippen molar-refractivity contribution in [3.05, 3.63) is 57.8 Å². The minimum atomic E-state index is 0.116. The third-order valence-electron chi connectivity index (χ3n) is 2.76. The maximum absolute atomic E-state index is 11.7. The lowest BCUT2D eigenvalue weighted by Gasteiger charge is -2.04. The molecule has 0 saturated heterocycles. The Morgan fingerprint density at radius 3 is 2.89 bits per heavy atom. The first kappa shape index (κ1) is 12.8. The van der Waals surface area contributed by atoms with E-state index in [0.717, 1.165) is 6.42 Å². The van der Waals surface area contributed by atoms with Gasteiger partial charge in [0.15, 0.2) is 0 Å². The molecule has 2 nitrogen and oxygen atoms in total. The SMILES string of the molecule is Cc1cccc(CCC(=O)NCc2cccs2)c1. The highest BCUT2D eigenvalue weighted by atomic mass is 32.1. The average molecular weight is 259 g/mol. The maximum Gasteiger partial charge on any atom is 0.220 e. The molecule has 0 aliphatic rings. The molecule has 0 unspecified atom stereocenters. The predicted octanol–water partition coefficient (Wildman–Crippen LogP) is 3.31. The van der Waals surface area contributed by atoms with Gasteiger partial charge in [0, 0.05) is 11.3 Å². The third kappa shape index (κ3) is 4.00. The summed E-state index contributed by atoms with van der Waals surface area (Å²) in [5, 5.41) is 4.96. The molecule has 0 spiro atoms. The van der Waals surface area contributed by atoms with Crippen molar-refractivity contribution >= 4 is 17.2 Å².